The monoisotopic (exact) mass is 307 g/mol. The van der Waals surface area contributed by atoms with Gasteiger partial charge in [0.15, 0.2) is 9.84 Å². The van der Waals surface area contributed by atoms with Gasteiger partial charge in [0.1, 0.15) is 0 Å². The molecule has 4 nitrogen and oxygen atoms in total. The Hall–Kier alpha value is -1.36. The fourth-order valence-electron chi connectivity index (χ4n) is 3.77. The van der Waals surface area contributed by atoms with Gasteiger partial charge in [-0.3, -0.25) is 4.79 Å². The van der Waals surface area contributed by atoms with Gasteiger partial charge in [-0.1, -0.05) is 25.1 Å². The Morgan fingerprint density at radius 3 is 2.24 bits per heavy atom. The molecule has 0 aromatic heterocycles. The molecule has 21 heavy (non-hydrogen) atoms. The number of sulfone groups is 1. The summed E-state index contributed by atoms with van der Waals surface area (Å²) in [5, 5.41) is -0.349. The molecular weight excluding hydrogens is 286 g/mol. The number of carbonyl (C=O) groups excluding carboxylic acids is 1. The summed E-state index contributed by atoms with van der Waals surface area (Å²) in [7, 11) is -3.28. The number of nitrogens with zero attached hydrogens (tertiary/aromatic N) is 1. The van der Waals surface area contributed by atoms with Gasteiger partial charge < -0.3 is 4.90 Å². The molecule has 2 atom stereocenters. The van der Waals surface area contributed by atoms with Crippen molar-refractivity contribution in [2.24, 2.45) is 0 Å². The molecule has 2 aliphatic heterocycles. The normalized spacial score (nSPS) is 28.6. The maximum atomic E-state index is 12.7. The molecule has 2 fully saturated rings. The van der Waals surface area contributed by atoms with E-state index < -0.39 is 9.84 Å². The van der Waals surface area contributed by atoms with Crippen molar-refractivity contribution in [3.05, 3.63) is 30.3 Å². The van der Waals surface area contributed by atoms with Gasteiger partial charge in [-0.15, -0.1) is 0 Å². The van der Waals surface area contributed by atoms with Crippen LogP contribution >= 0.6 is 0 Å². The number of carbonyl (C=O) groups is 1. The summed E-state index contributed by atoms with van der Waals surface area (Å²) in [6.07, 6.45) is 3.55. The molecule has 0 aliphatic carbocycles. The molecule has 3 rings (SSSR count). The predicted molar refractivity (Wildman–Crippen MR) is 80.6 cm³/mol. The van der Waals surface area contributed by atoms with Crippen LogP contribution in [-0.4, -0.2) is 36.6 Å². The minimum Gasteiger partial charge on any atom is -0.337 e. The Bertz CT molecular complexity index is 612. The molecule has 2 heterocycles. The molecule has 2 saturated heterocycles. The SMILES string of the molecule is CCC(=O)N1C2CCC1CC(S(=O)(=O)c1ccccc1)C2. The topological polar surface area (TPSA) is 54.5 Å². The van der Waals surface area contributed by atoms with Crippen molar-refractivity contribution in [2.75, 3.05) is 0 Å². The van der Waals surface area contributed by atoms with Crippen LogP contribution in [0.15, 0.2) is 35.2 Å². The third-order valence-corrected chi connectivity index (χ3v) is 6.98. The summed E-state index contributed by atoms with van der Waals surface area (Å²) in [6, 6.07) is 8.90. The first-order valence-electron chi connectivity index (χ1n) is 7.64. The first-order valence-corrected chi connectivity index (χ1v) is 9.18. The molecule has 0 saturated carbocycles. The molecule has 5 heteroatoms. The highest BCUT2D eigenvalue weighted by Gasteiger charge is 2.46. The van der Waals surface area contributed by atoms with Gasteiger partial charge in [0.2, 0.25) is 5.91 Å². The van der Waals surface area contributed by atoms with E-state index >= 15 is 0 Å². The first kappa shape index (κ1) is 14.6. The van der Waals surface area contributed by atoms with Crippen molar-refractivity contribution < 1.29 is 13.2 Å². The Morgan fingerprint density at radius 1 is 1.14 bits per heavy atom. The summed E-state index contributed by atoms with van der Waals surface area (Å²) in [5.41, 5.74) is 0. The zero-order valence-electron chi connectivity index (χ0n) is 12.2. The highest BCUT2D eigenvalue weighted by Crippen LogP contribution is 2.40. The fourth-order valence-corrected chi connectivity index (χ4v) is 5.65. The van der Waals surface area contributed by atoms with Crippen LogP contribution in [0.1, 0.15) is 39.0 Å². The number of benzene rings is 1. The van der Waals surface area contributed by atoms with Gasteiger partial charge >= 0.3 is 0 Å². The number of fused-ring (bicyclic) bond motifs is 2. The van der Waals surface area contributed by atoms with E-state index in [2.05, 4.69) is 0 Å². The third kappa shape index (κ3) is 2.48. The van der Waals surface area contributed by atoms with E-state index in [4.69, 9.17) is 0 Å². The standard InChI is InChI=1S/C16H21NO3S/c1-2-16(18)17-12-8-9-13(17)11-15(10-12)21(19,20)14-6-4-3-5-7-14/h3-7,12-13,15H,2,8-11H2,1H3. The van der Waals surface area contributed by atoms with Gasteiger partial charge in [0.25, 0.3) is 0 Å². The quantitative estimate of drug-likeness (QED) is 0.861. The average Bonchev–Trinajstić information content (AvgIpc) is 2.77. The molecule has 2 bridgehead atoms. The van der Waals surface area contributed by atoms with Crippen molar-refractivity contribution in [2.45, 2.75) is 61.3 Å². The molecule has 2 aliphatic rings. The molecule has 2 unspecified atom stereocenters. The lowest BCUT2D eigenvalue weighted by Gasteiger charge is -2.38. The van der Waals surface area contributed by atoms with Crippen LogP contribution in [0.25, 0.3) is 0 Å². The lowest BCUT2D eigenvalue weighted by molar-refractivity contribution is -0.135. The van der Waals surface area contributed by atoms with Crippen LogP contribution in [0.3, 0.4) is 0 Å². The summed E-state index contributed by atoms with van der Waals surface area (Å²) in [6.45, 7) is 1.87. The molecule has 1 amide bonds. The number of rotatable bonds is 3. The minimum absolute atomic E-state index is 0.111. The van der Waals surface area contributed by atoms with Crippen molar-refractivity contribution in [1.29, 1.82) is 0 Å². The first-order chi connectivity index (χ1) is 10.0. The molecular formula is C16H21NO3S. The lowest BCUT2D eigenvalue weighted by Crippen LogP contribution is -2.49. The average molecular weight is 307 g/mol. The van der Waals surface area contributed by atoms with Crippen LogP contribution in [0.5, 0.6) is 0 Å². The highest BCUT2D eigenvalue weighted by atomic mass is 32.2. The van der Waals surface area contributed by atoms with E-state index in [9.17, 15) is 13.2 Å². The van der Waals surface area contributed by atoms with Crippen LogP contribution in [0.4, 0.5) is 0 Å². The fraction of sp³-hybridized carbons (Fsp3) is 0.562. The van der Waals surface area contributed by atoms with E-state index in [0.717, 1.165) is 12.8 Å². The number of piperidine rings is 1. The van der Waals surface area contributed by atoms with Gasteiger partial charge in [0, 0.05) is 18.5 Å². The van der Waals surface area contributed by atoms with Crippen molar-refractivity contribution in [3.8, 4) is 0 Å². The van der Waals surface area contributed by atoms with Crippen molar-refractivity contribution in [1.82, 2.24) is 4.90 Å². The zero-order chi connectivity index (χ0) is 15.0. The van der Waals surface area contributed by atoms with Gasteiger partial charge in [-0.25, -0.2) is 8.42 Å². The zero-order valence-corrected chi connectivity index (χ0v) is 13.1. The maximum absolute atomic E-state index is 12.7. The van der Waals surface area contributed by atoms with E-state index in [0.29, 0.717) is 24.2 Å². The van der Waals surface area contributed by atoms with E-state index in [1.807, 2.05) is 17.9 Å². The molecule has 0 radical (unpaired) electrons. The van der Waals surface area contributed by atoms with E-state index in [1.165, 1.54) is 0 Å². The molecule has 1 aromatic rings. The van der Waals surface area contributed by atoms with Gasteiger partial charge in [-0.2, -0.15) is 0 Å². The number of amides is 1. The Kier molecular flexibility index (Phi) is 3.78. The molecule has 0 N–H and O–H groups in total. The van der Waals surface area contributed by atoms with Gasteiger partial charge in [-0.05, 0) is 37.8 Å². The summed E-state index contributed by atoms with van der Waals surface area (Å²) >= 11 is 0. The molecule has 0 spiro atoms. The van der Waals surface area contributed by atoms with E-state index in [1.54, 1.807) is 24.3 Å². The summed E-state index contributed by atoms with van der Waals surface area (Å²) in [4.78, 5) is 14.4. The van der Waals surface area contributed by atoms with Crippen LogP contribution in [0, 0.1) is 0 Å². The third-order valence-electron chi connectivity index (χ3n) is 4.79. The van der Waals surface area contributed by atoms with Crippen LogP contribution in [0.2, 0.25) is 0 Å². The van der Waals surface area contributed by atoms with E-state index in [-0.39, 0.29) is 23.2 Å². The van der Waals surface area contributed by atoms with Crippen molar-refractivity contribution in [3.63, 3.8) is 0 Å². The second-order valence-electron chi connectivity index (χ2n) is 5.99. The lowest BCUT2D eigenvalue weighted by atomic mass is 10.0. The second-order valence-corrected chi connectivity index (χ2v) is 8.22. The highest BCUT2D eigenvalue weighted by molar-refractivity contribution is 7.92. The Morgan fingerprint density at radius 2 is 1.71 bits per heavy atom. The van der Waals surface area contributed by atoms with Crippen LogP contribution < -0.4 is 0 Å². The summed E-state index contributed by atoms with van der Waals surface area (Å²) < 4.78 is 25.5. The molecule has 1 aromatic carbocycles. The maximum Gasteiger partial charge on any atom is 0.222 e. The second kappa shape index (κ2) is 5.44. The minimum atomic E-state index is -3.28. The van der Waals surface area contributed by atoms with Crippen molar-refractivity contribution >= 4 is 15.7 Å². The number of hydrogen-bond donors (Lipinski definition) is 0. The predicted octanol–water partition coefficient (Wildman–Crippen LogP) is 2.39. The summed E-state index contributed by atoms with van der Waals surface area (Å²) in [5.74, 6) is 0.165. The Labute approximate surface area is 126 Å². The Balaban J connectivity index is 1.84. The van der Waals surface area contributed by atoms with Crippen LogP contribution in [-0.2, 0) is 14.6 Å². The van der Waals surface area contributed by atoms with Gasteiger partial charge in [0.05, 0.1) is 10.1 Å². The smallest absolute Gasteiger partial charge is 0.222 e. The largest absolute Gasteiger partial charge is 0.337 e. The number of hydrogen-bond acceptors (Lipinski definition) is 3. The molecule has 114 valence electrons.